The summed E-state index contributed by atoms with van der Waals surface area (Å²) >= 11 is 0. The third kappa shape index (κ3) is 6.23. The molecule has 0 aliphatic rings. The van der Waals surface area contributed by atoms with Gasteiger partial charge >= 0.3 is 55.2 Å². The Morgan fingerprint density at radius 2 is 1.47 bits per heavy atom. The summed E-state index contributed by atoms with van der Waals surface area (Å²) in [6, 6.07) is 0. The smallest absolute Gasteiger partial charge is 0.481 e. The number of carbonyl (C=O) groups is 3. The van der Waals surface area contributed by atoms with Crippen LogP contribution in [0.5, 0.6) is 0 Å². The van der Waals surface area contributed by atoms with Gasteiger partial charge in [-0.05, 0) is 0 Å². The largest absolute Gasteiger partial charge is 3.00 e. The second kappa shape index (κ2) is 7.23. The van der Waals surface area contributed by atoms with Gasteiger partial charge in [0.2, 0.25) is 5.60 Å². The molecule has 0 rings (SSSR count). The Kier molecular flexibility index (Phi) is 7.76. The van der Waals surface area contributed by atoms with Crippen LogP contribution in [0, 0.1) is 47.4 Å². The van der Waals surface area contributed by atoms with E-state index in [4.69, 9.17) is 15.3 Å². The molecule has 0 aliphatic carbocycles. The molecule has 0 saturated heterocycles. The van der Waals surface area contributed by atoms with Crippen LogP contribution >= 0.6 is 0 Å². The van der Waals surface area contributed by atoms with Gasteiger partial charge in [-0.3, -0.25) is 14.4 Å². The molecule has 0 aromatic rings. The molecule has 3 N–H and O–H groups in total. The molecule has 10 nitrogen and oxygen atoms in total. The van der Waals surface area contributed by atoms with Crippen LogP contribution in [0.4, 0.5) is 0 Å². The van der Waals surface area contributed by atoms with E-state index in [0.29, 0.717) is 0 Å². The first-order chi connectivity index (χ1) is 7.19. The van der Waals surface area contributed by atoms with Gasteiger partial charge in [-0.1, -0.05) is 0 Å². The second-order valence-corrected chi connectivity index (χ2v) is 2.76. The van der Waals surface area contributed by atoms with Crippen molar-refractivity contribution >= 4 is 17.9 Å². The summed E-state index contributed by atoms with van der Waals surface area (Å²) in [5.41, 5.74) is -2.92. The van der Waals surface area contributed by atoms with Crippen molar-refractivity contribution in [2.75, 3.05) is 0 Å². The molecule has 17 heavy (non-hydrogen) atoms. The van der Waals surface area contributed by atoms with Gasteiger partial charge in [0.1, 0.15) is 0 Å². The molecule has 99 valence electrons. The van der Waals surface area contributed by atoms with Crippen molar-refractivity contribution in [1.82, 2.24) is 0 Å². The topological polar surface area (TPSA) is 164 Å². The van der Waals surface area contributed by atoms with Crippen molar-refractivity contribution in [3.63, 3.8) is 0 Å². The summed E-state index contributed by atoms with van der Waals surface area (Å²) < 4.78 is 0. The first-order valence-corrected chi connectivity index (χ1v) is 3.70. The number of carboxylic acids is 3. The fraction of sp³-hybridized carbons (Fsp3) is 0.500. The van der Waals surface area contributed by atoms with E-state index >= 15 is 0 Å². The van der Waals surface area contributed by atoms with Crippen LogP contribution in [-0.2, 0) is 19.2 Å². The normalized spacial score (nSPS) is 9.88. The van der Waals surface area contributed by atoms with Crippen molar-refractivity contribution in [3.8, 4) is 0 Å². The van der Waals surface area contributed by atoms with E-state index in [9.17, 15) is 24.5 Å². The molecule has 0 fully saturated rings. The van der Waals surface area contributed by atoms with Gasteiger partial charge < -0.3 is 15.3 Å². The van der Waals surface area contributed by atoms with Gasteiger partial charge in [-0.2, -0.15) is 0 Å². The number of hydrogen-bond donors (Lipinski definition) is 3. The summed E-state index contributed by atoms with van der Waals surface area (Å²) in [6.07, 6.45) is -2.68. The number of rotatable bonds is 7. The average Bonchev–Trinajstić information content (AvgIpc) is 1.98. The Morgan fingerprint density at radius 1 is 1.12 bits per heavy atom. The molecule has 0 aliphatic heterocycles. The van der Waals surface area contributed by atoms with Crippen LogP contribution in [-0.4, -0.2) is 43.9 Å². The molecular formula is C6H7ErNO9+3. The molecule has 0 unspecified atom stereocenters. The molecule has 0 aromatic heterocycles. The predicted octanol–water partition coefficient (Wildman–Crippen LogP) is -1.03. The van der Waals surface area contributed by atoms with Gasteiger partial charge in [0, 0.05) is 0 Å². The molecule has 0 atom stereocenters. The van der Waals surface area contributed by atoms with Crippen LogP contribution in [0.25, 0.3) is 0 Å². The molecule has 0 spiro atoms. The SMILES string of the molecule is O=C(O)CC(CC(=O)O)(O[N+](=O)[O-])C(=O)O.[Er+3]. The summed E-state index contributed by atoms with van der Waals surface area (Å²) in [4.78, 5) is 45.0. The summed E-state index contributed by atoms with van der Waals surface area (Å²) in [6.45, 7) is 0. The minimum absolute atomic E-state index is 0. The quantitative estimate of drug-likeness (QED) is 0.355. The molecule has 0 aromatic carbocycles. The Labute approximate surface area is 123 Å². The maximum absolute atomic E-state index is 10.7. The van der Waals surface area contributed by atoms with Crippen molar-refractivity contribution in [2.45, 2.75) is 18.4 Å². The summed E-state index contributed by atoms with van der Waals surface area (Å²) in [5.74, 6) is -5.50. The number of aliphatic carboxylic acids is 3. The molecule has 0 bridgehead atoms. The van der Waals surface area contributed by atoms with E-state index in [0.717, 1.165) is 0 Å². The van der Waals surface area contributed by atoms with E-state index < -0.39 is 41.4 Å². The zero-order valence-electron chi connectivity index (χ0n) is 7.94. The van der Waals surface area contributed by atoms with E-state index in [-0.39, 0.29) is 37.3 Å². The van der Waals surface area contributed by atoms with Gasteiger partial charge in [-0.15, -0.1) is 10.1 Å². The summed E-state index contributed by atoms with van der Waals surface area (Å²) in [7, 11) is 0. The Bertz CT molecular complexity index is 300. The molecule has 1 radical (unpaired) electrons. The Hall–Kier alpha value is -1.14. The van der Waals surface area contributed by atoms with Gasteiger partial charge in [-0.25, -0.2) is 4.79 Å². The van der Waals surface area contributed by atoms with E-state index in [1.165, 1.54) is 0 Å². The maximum atomic E-state index is 10.7. The van der Waals surface area contributed by atoms with E-state index in [1.807, 2.05) is 0 Å². The third-order valence-electron chi connectivity index (χ3n) is 1.51. The second-order valence-electron chi connectivity index (χ2n) is 2.76. The minimum atomic E-state index is -2.92. The van der Waals surface area contributed by atoms with Crippen LogP contribution in [0.15, 0.2) is 0 Å². The van der Waals surface area contributed by atoms with Crippen molar-refractivity contribution in [3.05, 3.63) is 10.1 Å². The van der Waals surface area contributed by atoms with Crippen molar-refractivity contribution in [2.24, 2.45) is 0 Å². The van der Waals surface area contributed by atoms with Gasteiger partial charge in [0.25, 0.3) is 5.09 Å². The van der Waals surface area contributed by atoms with Gasteiger partial charge in [0.05, 0.1) is 12.8 Å². The predicted molar refractivity (Wildman–Crippen MR) is 43.0 cm³/mol. The van der Waals surface area contributed by atoms with Crippen LogP contribution in [0.3, 0.4) is 0 Å². The molecule has 0 heterocycles. The maximum Gasteiger partial charge on any atom is 3.00 e. The number of nitrogens with zero attached hydrogens (tertiary/aromatic N) is 1. The van der Waals surface area contributed by atoms with Crippen molar-refractivity contribution in [1.29, 1.82) is 0 Å². The van der Waals surface area contributed by atoms with Crippen molar-refractivity contribution < 1.29 is 76.9 Å². The first-order valence-electron chi connectivity index (χ1n) is 3.70. The monoisotopic (exact) mass is 403 g/mol. The molecular weight excluding hydrogens is 397 g/mol. The number of carboxylic acid groups (broad SMARTS) is 3. The van der Waals surface area contributed by atoms with Crippen LogP contribution in [0.2, 0.25) is 0 Å². The zero-order chi connectivity index (χ0) is 12.9. The summed E-state index contributed by atoms with van der Waals surface area (Å²) in [5, 5.41) is 33.8. The number of hydrogen-bond acceptors (Lipinski definition) is 6. The third-order valence-corrected chi connectivity index (χ3v) is 1.51. The van der Waals surface area contributed by atoms with Crippen LogP contribution in [0.1, 0.15) is 12.8 Å². The standard InChI is InChI=1S/C6H7NO9.Er/c8-3(9)1-6(5(12)13,2-4(10)11)16-7(14)15;/h1-2H2,(H,8,9)(H,10,11)(H,12,13);/q;+3. The Balaban J connectivity index is 0. The van der Waals surface area contributed by atoms with E-state index in [1.54, 1.807) is 0 Å². The fourth-order valence-corrected chi connectivity index (χ4v) is 0.949. The zero-order valence-corrected chi connectivity index (χ0v) is 9.79. The Morgan fingerprint density at radius 3 is 1.65 bits per heavy atom. The first kappa shape index (κ1) is 18.2. The fourth-order valence-electron chi connectivity index (χ4n) is 0.949. The van der Waals surface area contributed by atoms with E-state index in [2.05, 4.69) is 4.84 Å². The molecule has 11 heteroatoms. The van der Waals surface area contributed by atoms with Crippen LogP contribution < -0.4 is 0 Å². The molecule has 0 saturated carbocycles. The average molecular weight is 404 g/mol. The molecule has 0 amide bonds. The minimum Gasteiger partial charge on any atom is -0.481 e. The van der Waals surface area contributed by atoms with Gasteiger partial charge in [0.15, 0.2) is 0 Å².